The van der Waals surface area contributed by atoms with E-state index < -0.39 is 7.92 Å². The van der Waals surface area contributed by atoms with E-state index in [1.165, 1.54) is 15.9 Å². The van der Waals surface area contributed by atoms with E-state index in [1.807, 2.05) is 30.5 Å². The summed E-state index contributed by atoms with van der Waals surface area (Å²) in [6.45, 7) is 0. The summed E-state index contributed by atoms with van der Waals surface area (Å²) < 4.78 is 5.23. The topological polar surface area (TPSA) is 21.6 Å². The molecule has 0 saturated heterocycles. The van der Waals surface area contributed by atoms with Crippen molar-refractivity contribution in [2.24, 2.45) is 4.99 Å². The van der Waals surface area contributed by atoms with Crippen molar-refractivity contribution in [2.75, 3.05) is 7.11 Å². The van der Waals surface area contributed by atoms with E-state index in [9.17, 15) is 0 Å². The van der Waals surface area contributed by atoms with Gasteiger partial charge in [0.05, 0.1) is 12.8 Å². The summed E-state index contributed by atoms with van der Waals surface area (Å²) in [6.07, 6.45) is 1.97. The van der Waals surface area contributed by atoms with E-state index in [2.05, 4.69) is 84.9 Å². The van der Waals surface area contributed by atoms with Crippen LogP contribution in [0.1, 0.15) is 5.56 Å². The molecule has 0 spiro atoms. The maximum Gasteiger partial charge on any atom is 0.119 e. The third-order valence-electron chi connectivity index (χ3n) is 4.63. The van der Waals surface area contributed by atoms with Gasteiger partial charge in [-0.25, -0.2) is 0 Å². The Balaban J connectivity index is 1.75. The third kappa shape index (κ3) is 4.62. The van der Waals surface area contributed by atoms with Crippen LogP contribution in [0.15, 0.2) is 114 Å². The smallest absolute Gasteiger partial charge is 0.119 e. The molecule has 0 heterocycles. The number of methoxy groups -OCH3 is 1. The van der Waals surface area contributed by atoms with Crippen LogP contribution >= 0.6 is 7.92 Å². The Morgan fingerprint density at radius 2 is 1.21 bits per heavy atom. The van der Waals surface area contributed by atoms with E-state index in [-0.39, 0.29) is 0 Å². The molecule has 0 fully saturated rings. The molecule has 4 rings (SSSR count). The van der Waals surface area contributed by atoms with Crippen LogP contribution in [0.3, 0.4) is 0 Å². The first-order valence-electron chi connectivity index (χ1n) is 9.52. The van der Waals surface area contributed by atoms with Crippen molar-refractivity contribution in [3.05, 3.63) is 115 Å². The van der Waals surface area contributed by atoms with Gasteiger partial charge in [-0.1, -0.05) is 84.9 Å². The first-order valence-corrected chi connectivity index (χ1v) is 10.9. The van der Waals surface area contributed by atoms with Gasteiger partial charge in [-0.3, -0.25) is 4.99 Å². The van der Waals surface area contributed by atoms with Crippen LogP contribution < -0.4 is 20.7 Å². The lowest BCUT2D eigenvalue weighted by molar-refractivity contribution is 0.415. The molecule has 0 radical (unpaired) electrons. The first-order chi connectivity index (χ1) is 14.3. The predicted octanol–water partition coefficient (Wildman–Crippen LogP) is 5.20. The van der Waals surface area contributed by atoms with Gasteiger partial charge in [0.25, 0.3) is 0 Å². The normalized spacial score (nSPS) is 11.1. The minimum Gasteiger partial charge on any atom is -0.497 e. The fraction of sp³-hybridized carbons (Fsp3) is 0.0385. The molecule has 2 nitrogen and oxygen atoms in total. The Kier molecular flexibility index (Phi) is 6.14. The van der Waals surface area contributed by atoms with Gasteiger partial charge in [-0.2, -0.15) is 0 Å². The van der Waals surface area contributed by atoms with Crippen LogP contribution in [0.25, 0.3) is 0 Å². The summed E-state index contributed by atoms with van der Waals surface area (Å²) in [5.74, 6) is 0.834. The van der Waals surface area contributed by atoms with Gasteiger partial charge in [-0.05, 0) is 48.1 Å². The lowest BCUT2D eigenvalue weighted by Gasteiger charge is -2.21. The monoisotopic (exact) mass is 395 g/mol. The maximum atomic E-state index is 5.23. The second kappa shape index (κ2) is 9.32. The molecule has 0 bridgehead atoms. The third-order valence-corrected chi connectivity index (χ3v) is 7.15. The van der Waals surface area contributed by atoms with Gasteiger partial charge in [0.2, 0.25) is 0 Å². The van der Waals surface area contributed by atoms with Crippen molar-refractivity contribution in [2.45, 2.75) is 0 Å². The summed E-state index contributed by atoms with van der Waals surface area (Å²) in [5.41, 5.74) is 2.05. The summed E-state index contributed by atoms with van der Waals surface area (Å²) in [7, 11) is 1.00. The molecule has 0 aromatic heterocycles. The zero-order valence-corrected chi connectivity index (χ0v) is 17.2. The number of rotatable bonds is 6. The molecule has 142 valence electrons. The van der Waals surface area contributed by atoms with E-state index in [4.69, 9.17) is 9.73 Å². The van der Waals surface area contributed by atoms with Crippen LogP contribution in [-0.2, 0) is 0 Å². The van der Waals surface area contributed by atoms with Crippen LogP contribution in [0.2, 0.25) is 0 Å². The Labute approximate surface area is 173 Å². The highest BCUT2D eigenvalue weighted by Gasteiger charge is 2.18. The molecule has 0 N–H and O–H groups in total. The van der Waals surface area contributed by atoms with Gasteiger partial charge in [0, 0.05) is 11.8 Å². The average Bonchev–Trinajstić information content (AvgIpc) is 2.80. The molecular formula is C26H22NOP. The van der Waals surface area contributed by atoms with Gasteiger partial charge in [0.15, 0.2) is 0 Å². The van der Waals surface area contributed by atoms with Crippen molar-refractivity contribution in [1.82, 2.24) is 0 Å². The molecule has 0 aliphatic heterocycles. The highest BCUT2D eigenvalue weighted by Crippen LogP contribution is 2.33. The number of nitrogens with zero attached hydrogens (tertiary/aromatic N) is 1. The number of hydrogen-bond acceptors (Lipinski definition) is 2. The average molecular weight is 395 g/mol. The zero-order valence-electron chi connectivity index (χ0n) is 16.3. The Morgan fingerprint density at radius 1 is 0.655 bits per heavy atom. The quantitative estimate of drug-likeness (QED) is 0.325. The van der Waals surface area contributed by atoms with Gasteiger partial charge in [-0.15, -0.1) is 0 Å². The SMILES string of the molecule is COc1ccc(N=Cc2ccccc2P(c2ccccc2)c2ccccc2)cc1. The van der Waals surface area contributed by atoms with E-state index in [1.54, 1.807) is 7.11 Å². The van der Waals surface area contributed by atoms with Crippen LogP contribution in [0.5, 0.6) is 5.75 Å². The zero-order chi connectivity index (χ0) is 19.9. The van der Waals surface area contributed by atoms with Crippen LogP contribution in [-0.4, -0.2) is 13.3 Å². The van der Waals surface area contributed by atoms with Crippen molar-refractivity contribution >= 4 is 35.7 Å². The minimum atomic E-state index is -0.666. The fourth-order valence-electron chi connectivity index (χ4n) is 3.19. The molecule has 0 unspecified atom stereocenters. The maximum absolute atomic E-state index is 5.23. The van der Waals surface area contributed by atoms with E-state index in [0.29, 0.717) is 0 Å². The molecule has 0 aliphatic rings. The molecule has 4 aromatic rings. The van der Waals surface area contributed by atoms with Crippen molar-refractivity contribution in [3.63, 3.8) is 0 Å². The van der Waals surface area contributed by atoms with E-state index >= 15 is 0 Å². The molecule has 0 aliphatic carbocycles. The van der Waals surface area contributed by atoms with Crippen LogP contribution in [0, 0.1) is 0 Å². The number of hydrogen-bond donors (Lipinski definition) is 0. The molecule has 0 amide bonds. The Morgan fingerprint density at radius 3 is 1.79 bits per heavy atom. The Bertz CT molecular complexity index is 1040. The summed E-state index contributed by atoms with van der Waals surface area (Å²) in [5, 5.41) is 3.97. The number of ether oxygens (including phenoxy) is 1. The molecule has 4 aromatic carbocycles. The lowest BCUT2D eigenvalue weighted by atomic mass is 10.2. The number of aliphatic imine (C=N–C) groups is 1. The van der Waals surface area contributed by atoms with E-state index in [0.717, 1.165) is 17.0 Å². The standard InChI is InChI=1S/C26H22NOP/c1-28-23-18-16-22(17-19-23)27-20-21-10-8-9-15-26(21)29(24-11-4-2-5-12-24)25-13-6-3-7-14-25/h2-20H,1H3. The largest absolute Gasteiger partial charge is 0.497 e. The summed E-state index contributed by atoms with van der Waals surface area (Å²) in [6, 6.07) is 37.8. The Hall–Kier alpha value is -3.22. The van der Waals surface area contributed by atoms with Gasteiger partial charge < -0.3 is 4.74 Å². The second-order valence-electron chi connectivity index (χ2n) is 6.52. The highest BCUT2D eigenvalue weighted by molar-refractivity contribution is 7.80. The van der Waals surface area contributed by atoms with Gasteiger partial charge >= 0.3 is 0 Å². The van der Waals surface area contributed by atoms with Crippen molar-refractivity contribution in [1.29, 1.82) is 0 Å². The molecule has 29 heavy (non-hydrogen) atoms. The van der Waals surface area contributed by atoms with Gasteiger partial charge in [0.1, 0.15) is 5.75 Å². The van der Waals surface area contributed by atoms with Crippen molar-refractivity contribution < 1.29 is 4.74 Å². The number of benzene rings is 4. The van der Waals surface area contributed by atoms with Crippen LogP contribution in [0.4, 0.5) is 5.69 Å². The first kappa shape index (κ1) is 19.1. The lowest BCUT2D eigenvalue weighted by Crippen LogP contribution is -2.23. The van der Waals surface area contributed by atoms with Crippen molar-refractivity contribution in [3.8, 4) is 5.75 Å². The summed E-state index contributed by atoms with van der Waals surface area (Å²) >= 11 is 0. The fourth-order valence-corrected chi connectivity index (χ4v) is 5.61. The molecular weight excluding hydrogens is 373 g/mol. The highest BCUT2D eigenvalue weighted by atomic mass is 31.1. The summed E-state index contributed by atoms with van der Waals surface area (Å²) in [4.78, 5) is 4.71. The predicted molar refractivity (Wildman–Crippen MR) is 125 cm³/mol. The minimum absolute atomic E-state index is 0.666. The molecule has 0 saturated carbocycles. The second-order valence-corrected chi connectivity index (χ2v) is 8.71. The molecule has 0 atom stereocenters. The molecule has 3 heteroatoms.